The highest BCUT2D eigenvalue weighted by molar-refractivity contribution is 7.99. The number of aromatic nitrogens is 3. The molecule has 0 saturated heterocycles. The summed E-state index contributed by atoms with van der Waals surface area (Å²) in [6, 6.07) is 17.7. The highest BCUT2D eigenvalue weighted by Crippen LogP contribution is 2.37. The van der Waals surface area contributed by atoms with Crippen LogP contribution >= 0.6 is 11.8 Å². The van der Waals surface area contributed by atoms with Crippen LogP contribution in [0.25, 0.3) is 0 Å². The molecule has 35 heavy (non-hydrogen) atoms. The van der Waals surface area contributed by atoms with Crippen LogP contribution in [0.15, 0.2) is 71.0 Å². The van der Waals surface area contributed by atoms with Gasteiger partial charge in [0.05, 0.1) is 18.3 Å². The zero-order valence-electron chi connectivity index (χ0n) is 20.7. The van der Waals surface area contributed by atoms with E-state index in [1.165, 1.54) is 5.56 Å². The number of allylic oxidation sites excluding steroid dienone is 1. The third-order valence-corrected chi connectivity index (χ3v) is 6.57. The van der Waals surface area contributed by atoms with Crippen LogP contribution in [0.4, 0.5) is 5.95 Å². The number of nitrogens with one attached hydrogen (secondary N) is 1. The number of hydrogen-bond acceptors (Lipinski definition) is 7. The fraction of sp³-hybridized carbons (Fsp3) is 0.370. The number of carbonyl (C=O) groups excluding carboxylic acids is 1. The molecule has 0 amide bonds. The van der Waals surface area contributed by atoms with E-state index in [1.54, 1.807) is 16.4 Å². The lowest BCUT2D eigenvalue weighted by Gasteiger charge is -2.28. The molecule has 2 heterocycles. The van der Waals surface area contributed by atoms with Crippen LogP contribution in [0.3, 0.4) is 0 Å². The van der Waals surface area contributed by atoms with E-state index in [-0.39, 0.29) is 12.1 Å². The van der Waals surface area contributed by atoms with Crippen molar-refractivity contribution in [1.29, 1.82) is 0 Å². The quantitative estimate of drug-likeness (QED) is 0.290. The van der Waals surface area contributed by atoms with Crippen LogP contribution in [0.2, 0.25) is 0 Å². The van der Waals surface area contributed by atoms with E-state index in [0.717, 1.165) is 35.6 Å². The molecule has 0 bridgehead atoms. The standard InChI is InChI=1S/C27H32N4O3S/c1-5-17-35-27-29-26-28-19(4)23(25(32)34-18(2)3)24(31(26)30-27)21-11-13-22(14-12-21)33-16-15-20-9-7-6-8-10-20/h6-14,18,24H,5,15-17H2,1-4H3,(H,28,29,30). The molecule has 7 nitrogen and oxygen atoms in total. The second-order valence-electron chi connectivity index (χ2n) is 8.68. The first-order valence-electron chi connectivity index (χ1n) is 12.0. The van der Waals surface area contributed by atoms with Crippen LogP contribution in [-0.2, 0) is 16.0 Å². The van der Waals surface area contributed by atoms with Gasteiger partial charge < -0.3 is 14.8 Å². The van der Waals surface area contributed by atoms with E-state index in [4.69, 9.17) is 14.6 Å². The van der Waals surface area contributed by atoms with E-state index in [0.29, 0.717) is 23.3 Å². The summed E-state index contributed by atoms with van der Waals surface area (Å²) in [6.07, 6.45) is 1.64. The van der Waals surface area contributed by atoms with Crippen LogP contribution in [0, 0.1) is 0 Å². The Hall–Kier alpha value is -3.26. The monoisotopic (exact) mass is 492 g/mol. The van der Waals surface area contributed by atoms with Crippen molar-refractivity contribution < 1.29 is 14.3 Å². The maximum absolute atomic E-state index is 13.1. The lowest BCUT2D eigenvalue weighted by molar-refractivity contribution is -0.143. The number of thioether (sulfide) groups is 1. The zero-order valence-corrected chi connectivity index (χ0v) is 21.5. The van der Waals surface area contributed by atoms with Gasteiger partial charge in [0.15, 0.2) is 0 Å². The Balaban J connectivity index is 1.58. The van der Waals surface area contributed by atoms with Gasteiger partial charge in [0.2, 0.25) is 11.1 Å². The smallest absolute Gasteiger partial charge is 0.338 e. The summed E-state index contributed by atoms with van der Waals surface area (Å²) in [6.45, 7) is 8.29. The predicted molar refractivity (Wildman–Crippen MR) is 139 cm³/mol. The summed E-state index contributed by atoms with van der Waals surface area (Å²) in [7, 11) is 0. The van der Waals surface area contributed by atoms with Crippen molar-refractivity contribution in [2.45, 2.75) is 57.8 Å². The highest BCUT2D eigenvalue weighted by atomic mass is 32.2. The average molecular weight is 493 g/mol. The normalized spacial score (nSPS) is 15.1. The minimum Gasteiger partial charge on any atom is -0.493 e. The molecule has 2 aromatic carbocycles. The SMILES string of the molecule is CCCSc1nc2n(n1)C(c1ccc(OCCc3ccccc3)cc1)C(C(=O)OC(C)C)=C(C)N2. The van der Waals surface area contributed by atoms with Gasteiger partial charge in [-0.25, -0.2) is 9.48 Å². The first-order valence-corrected chi connectivity index (χ1v) is 13.0. The highest BCUT2D eigenvalue weighted by Gasteiger charge is 2.35. The summed E-state index contributed by atoms with van der Waals surface area (Å²) in [4.78, 5) is 17.8. The van der Waals surface area contributed by atoms with Crippen LogP contribution in [0.5, 0.6) is 5.75 Å². The molecule has 184 valence electrons. The molecule has 8 heteroatoms. The van der Waals surface area contributed by atoms with Crippen molar-refractivity contribution in [2.75, 3.05) is 17.7 Å². The van der Waals surface area contributed by atoms with Gasteiger partial charge in [-0.2, -0.15) is 4.98 Å². The molecule has 0 radical (unpaired) electrons. The number of fused-ring (bicyclic) bond motifs is 1. The fourth-order valence-electron chi connectivity index (χ4n) is 3.91. The van der Waals surface area contributed by atoms with E-state index < -0.39 is 6.04 Å². The van der Waals surface area contributed by atoms with Gasteiger partial charge in [-0.15, -0.1) is 5.10 Å². The Kier molecular flexibility index (Phi) is 8.13. The van der Waals surface area contributed by atoms with E-state index >= 15 is 0 Å². The summed E-state index contributed by atoms with van der Waals surface area (Å²) < 4.78 is 13.3. The molecular formula is C27H32N4O3S. The van der Waals surface area contributed by atoms with Crippen molar-refractivity contribution in [3.8, 4) is 5.75 Å². The van der Waals surface area contributed by atoms with Crippen molar-refractivity contribution >= 4 is 23.7 Å². The molecule has 1 atom stereocenters. The Morgan fingerprint density at radius 3 is 2.57 bits per heavy atom. The van der Waals surface area contributed by atoms with Gasteiger partial charge in [0.1, 0.15) is 11.8 Å². The first kappa shape index (κ1) is 24.9. The van der Waals surface area contributed by atoms with Gasteiger partial charge >= 0.3 is 5.97 Å². The lowest BCUT2D eigenvalue weighted by Crippen LogP contribution is -2.30. The second-order valence-corrected chi connectivity index (χ2v) is 9.75. The molecule has 1 N–H and O–H groups in total. The molecule has 1 aromatic heterocycles. The van der Waals surface area contributed by atoms with Gasteiger partial charge in [0, 0.05) is 17.9 Å². The molecule has 0 aliphatic carbocycles. The Morgan fingerprint density at radius 2 is 1.89 bits per heavy atom. The lowest BCUT2D eigenvalue weighted by atomic mass is 9.95. The largest absolute Gasteiger partial charge is 0.493 e. The Labute approximate surface area is 210 Å². The van der Waals surface area contributed by atoms with E-state index in [9.17, 15) is 4.79 Å². The number of nitrogens with zero attached hydrogens (tertiary/aromatic N) is 3. The van der Waals surface area contributed by atoms with Crippen LogP contribution in [-0.4, -0.2) is 39.2 Å². The molecule has 3 aromatic rings. The number of benzene rings is 2. The van der Waals surface area contributed by atoms with E-state index in [1.807, 2.05) is 63.2 Å². The second kappa shape index (κ2) is 11.4. The van der Waals surface area contributed by atoms with Gasteiger partial charge in [-0.1, -0.05) is 61.2 Å². The maximum Gasteiger partial charge on any atom is 0.338 e. The number of carbonyl (C=O) groups is 1. The summed E-state index contributed by atoms with van der Waals surface area (Å²) in [5.41, 5.74) is 3.40. The van der Waals surface area contributed by atoms with Gasteiger partial charge in [-0.3, -0.25) is 0 Å². The minimum absolute atomic E-state index is 0.225. The zero-order chi connectivity index (χ0) is 24.8. The number of ether oxygens (including phenoxy) is 2. The molecule has 1 aliphatic rings. The third kappa shape index (κ3) is 6.06. The number of rotatable bonds is 10. The van der Waals surface area contributed by atoms with Crippen molar-refractivity contribution in [1.82, 2.24) is 14.8 Å². The van der Waals surface area contributed by atoms with Crippen LogP contribution < -0.4 is 10.1 Å². The van der Waals surface area contributed by atoms with Crippen molar-refractivity contribution in [3.63, 3.8) is 0 Å². The average Bonchev–Trinajstić information content (AvgIpc) is 3.25. The first-order chi connectivity index (χ1) is 17.0. The van der Waals surface area contributed by atoms with Crippen LogP contribution in [0.1, 0.15) is 51.3 Å². The number of hydrogen-bond donors (Lipinski definition) is 1. The topological polar surface area (TPSA) is 78.3 Å². The third-order valence-electron chi connectivity index (χ3n) is 5.53. The van der Waals surface area contributed by atoms with Crippen molar-refractivity contribution in [2.24, 2.45) is 0 Å². The maximum atomic E-state index is 13.1. The summed E-state index contributed by atoms with van der Waals surface area (Å²) in [5, 5.41) is 8.66. The Bertz CT molecular complexity index is 1170. The molecular weight excluding hydrogens is 460 g/mol. The predicted octanol–water partition coefficient (Wildman–Crippen LogP) is 5.64. The Morgan fingerprint density at radius 1 is 1.14 bits per heavy atom. The number of esters is 1. The molecule has 4 rings (SSSR count). The molecule has 1 unspecified atom stereocenters. The van der Waals surface area contributed by atoms with Gasteiger partial charge in [0.25, 0.3) is 0 Å². The molecule has 0 fully saturated rings. The number of anilines is 1. The summed E-state index contributed by atoms with van der Waals surface area (Å²) >= 11 is 1.60. The van der Waals surface area contributed by atoms with Crippen molar-refractivity contribution in [3.05, 3.63) is 77.0 Å². The van der Waals surface area contributed by atoms with E-state index in [2.05, 4.69) is 29.4 Å². The summed E-state index contributed by atoms with van der Waals surface area (Å²) in [5.74, 6) is 1.97. The molecule has 0 spiro atoms. The fourth-order valence-corrected chi connectivity index (χ4v) is 4.60. The van der Waals surface area contributed by atoms with Gasteiger partial charge in [-0.05, 0) is 50.5 Å². The minimum atomic E-state index is -0.445. The molecule has 1 aliphatic heterocycles. The molecule has 0 saturated carbocycles.